The zero-order valence-electron chi connectivity index (χ0n) is 8.35. The van der Waals surface area contributed by atoms with E-state index in [4.69, 9.17) is 9.15 Å². The second kappa shape index (κ2) is 3.71. The van der Waals surface area contributed by atoms with Gasteiger partial charge in [-0.3, -0.25) is 5.21 Å². The van der Waals surface area contributed by atoms with Gasteiger partial charge in [0.25, 0.3) is 5.95 Å². The van der Waals surface area contributed by atoms with Crippen LogP contribution in [-0.4, -0.2) is 21.9 Å². The van der Waals surface area contributed by atoms with E-state index in [0.29, 0.717) is 5.06 Å². The fraction of sp³-hybridized carbons (Fsp3) is 0.444. The minimum absolute atomic E-state index is 0.0540. The van der Waals surface area contributed by atoms with Gasteiger partial charge in [0.1, 0.15) is 0 Å². The predicted molar refractivity (Wildman–Crippen MR) is 48.1 cm³/mol. The molecule has 14 heavy (non-hydrogen) atoms. The molecule has 1 aromatic rings. The van der Waals surface area contributed by atoms with Gasteiger partial charge in [0, 0.05) is 6.07 Å². The van der Waals surface area contributed by atoms with Crippen LogP contribution >= 0.6 is 0 Å². The average molecular weight is 199 g/mol. The van der Waals surface area contributed by atoms with Gasteiger partial charge in [-0.2, -0.15) is 5.06 Å². The van der Waals surface area contributed by atoms with Crippen LogP contribution < -0.4 is 4.74 Å². The molecule has 1 aromatic heterocycles. The van der Waals surface area contributed by atoms with Gasteiger partial charge in [-0.15, -0.1) is 0 Å². The van der Waals surface area contributed by atoms with Crippen LogP contribution in [0.4, 0.5) is 4.79 Å². The number of carbonyl (C=O) groups is 1. The summed E-state index contributed by atoms with van der Waals surface area (Å²) < 4.78 is 9.50. The van der Waals surface area contributed by atoms with Crippen molar-refractivity contribution in [2.45, 2.75) is 26.3 Å². The average Bonchev–Trinajstić information content (AvgIpc) is 2.53. The molecule has 1 N–H and O–H groups in total. The molecule has 0 aliphatic carbocycles. The molecule has 1 rings (SSSR count). The van der Waals surface area contributed by atoms with Gasteiger partial charge in [0.15, 0.2) is 0 Å². The standard InChI is InChI=1S/C9H13NO4/c1-9(2,3)10(12)8(11)14-7-5-4-6-13-7/h4-6,12H,1-3H3. The summed E-state index contributed by atoms with van der Waals surface area (Å²) in [6.45, 7) is 5.03. The Kier molecular flexibility index (Phi) is 2.81. The molecule has 0 aromatic carbocycles. The number of ether oxygens (including phenoxy) is 1. The van der Waals surface area contributed by atoms with E-state index >= 15 is 0 Å². The van der Waals surface area contributed by atoms with Gasteiger partial charge in [0.05, 0.1) is 11.8 Å². The van der Waals surface area contributed by atoms with Crippen molar-refractivity contribution in [1.29, 1.82) is 0 Å². The lowest BCUT2D eigenvalue weighted by Gasteiger charge is -2.27. The number of amides is 1. The minimum atomic E-state index is -0.868. The summed E-state index contributed by atoms with van der Waals surface area (Å²) in [4.78, 5) is 11.3. The molecule has 78 valence electrons. The van der Waals surface area contributed by atoms with Crippen LogP contribution in [0.25, 0.3) is 0 Å². The maximum atomic E-state index is 11.3. The maximum absolute atomic E-state index is 11.3. The van der Waals surface area contributed by atoms with Gasteiger partial charge in [-0.1, -0.05) is 0 Å². The molecule has 0 spiro atoms. The third-order valence-corrected chi connectivity index (χ3v) is 1.49. The number of hydrogen-bond donors (Lipinski definition) is 1. The molecule has 1 heterocycles. The van der Waals surface area contributed by atoms with E-state index in [1.807, 2.05) is 0 Å². The van der Waals surface area contributed by atoms with Gasteiger partial charge in [-0.05, 0) is 26.8 Å². The Balaban J connectivity index is 2.59. The molecule has 0 bridgehead atoms. The Morgan fingerprint density at radius 2 is 2.21 bits per heavy atom. The number of nitrogens with zero attached hydrogens (tertiary/aromatic N) is 1. The Bertz CT molecular complexity index is 299. The Labute approximate surface area is 81.8 Å². The fourth-order valence-electron chi connectivity index (χ4n) is 0.725. The highest BCUT2D eigenvalue weighted by Crippen LogP contribution is 2.15. The largest absolute Gasteiger partial charge is 0.442 e. The molecule has 0 atom stereocenters. The highest BCUT2D eigenvalue weighted by Gasteiger charge is 2.27. The van der Waals surface area contributed by atoms with E-state index in [0.717, 1.165) is 0 Å². The van der Waals surface area contributed by atoms with E-state index < -0.39 is 11.6 Å². The van der Waals surface area contributed by atoms with Crippen molar-refractivity contribution in [1.82, 2.24) is 5.06 Å². The van der Waals surface area contributed by atoms with Crippen LogP contribution in [-0.2, 0) is 0 Å². The molecule has 0 fully saturated rings. The fourth-order valence-corrected chi connectivity index (χ4v) is 0.725. The molecule has 0 aliphatic rings. The van der Waals surface area contributed by atoms with E-state index in [9.17, 15) is 10.0 Å². The lowest BCUT2D eigenvalue weighted by Crippen LogP contribution is -2.44. The number of carbonyl (C=O) groups excluding carboxylic acids is 1. The highest BCUT2D eigenvalue weighted by molar-refractivity contribution is 5.69. The molecule has 0 unspecified atom stereocenters. The second-order valence-electron chi connectivity index (χ2n) is 3.78. The highest BCUT2D eigenvalue weighted by atomic mass is 16.7. The zero-order valence-corrected chi connectivity index (χ0v) is 8.35. The Hall–Kier alpha value is -1.49. The summed E-state index contributed by atoms with van der Waals surface area (Å²) in [5.41, 5.74) is -0.705. The van der Waals surface area contributed by atoms with E-state index in [2.05, 4.69) is 0 Å². The monoisotopic (exact) mass is 199 g/mol. The van der Waals surface area contributed by atoms with Crippen molar-refractivity contribution in [2.24, 2.45) is 0 Å². The first-order valence-electron chi connectivity index (χ1n) is 4.15. The summed E-state index contributed by atoms with van der Waals surface area (Å²) in [5.74, 6) is 0.0540. The number of hydrogen-bond acceptors (Lipinski definition) is 4. The molecule has 0 saturated carbocycles. The smallest absolute Gasteiger partial charge is 0.434 e. The summed E-state index contributed by atoms with van der Waals surface area (Å²) >= 11 is 0. The Morgan fingerprint density at radius 3 is 2.64 bits per heavy atom. The van der Waals surface area contributed by atoms with Crippen LogP contribution in [0.15, 0.2) is 22.8 Å². The number of rotatable bonds is 1. The third kappa shape index (κ3) is 2.50. The lowest BCUT2D eigenvalue weighted by molar-refractivity contribution is -0.121. The van der Waals surface area contributed by atoms with Gasteiger partial charge < -0.3 is 9.15 Å². The van der Waals surface area contributed by atoms with E-state index in [-0.39, 0.29) is 5.95 Å². The van der Waals surface area contributed by atoms with Crippen molar-refractivity contribution < 1.29 is 19.2 Å². The van der Waals surface area contributed by atoms with Gasteiger partial charge >= 0.3 is 6.09 Å². The first-order chi connectivity index (χ1) is 6.41. The maximum Gasteiger partial charge on any atom is 0.442 e. The van der Waals surface area contributed by atoms with Crippen LogP contribution in [0.2, 0.25) is 0 Å². The van der Waals surface area contributed by atoms with Gasteiger partial charge in [-0.25, -0.2) is 4.79 Å². The number of hydroxylamine groups is 2. The molecule has 1 amide bonds. The first kappa shape index (κ1) is 10.6. The summed E-state index contributed by atoms with van der Waals surface area (Å²) in [6.07, 6.45) is 0.508. The summed E-state index contributed by atoms with van der Waals surface area (Å²) in [7, 11) is 0. The molecule has 0 radical (unpaired) electrons. The third-order valence-electron chi connectivity index (χ3n) is 1.49. The molecule has 0 aliphatic heterocycles. The first-order valence-corrected chi connectivity index (χ1v) is 4.15. The van der Waals surface area contributed by atoms with Crippen molar-refractivity contribution >= 4 is 6.09 Å². The van der Waals surface area contributed by atoms with Crippen LogP contribution in [0.5, 0.6) is 5.95 Å². The van der Waals surface area contributed by atoms with Crippen molar-refractivity contribution in [3.8, 4) is 5.95 Å². The summed E-state index contributed by atoms with van der Waals surface area (Å²) in [6, 6.07) is 3.07. The molecule has 5 heteroatoms. The van der Waals surface area contributed by atoms with Crippen LogP contribution in [0, 0.1) is 0 Å². The van der Waals surface area contributed by atoms with Gasteiger partial charge in [0.2, 0.25) is 0 Å². The molecular formula is C9H13NO4. The van der Waals surface area contributed by atoms with Crippen molar-refractivity contribution in [3.05, 3.63) is 18.4 Å². The lowest BCUT2D eigenvalue weighted by atomic mass is 10.1. The minimum Gasteiger partial charge on any atom is -0.434 e. The number of furan rings is 1. The molecular weight excluding hydrogens is 186 g/mol. The zero-order chi connectivity index (χ0) is 10.8. The SMILES string of the molecule is CC(C)(C)N(O)C(=O)Oc1ccco1. The van der Waals surface area contributed by atoms with E-state index in [1.165, 1.54) is 12.3 Å². The predicted octanol–water partition coefficient (Wildman–Crippen LogP) is 2.27. The normalized spacial score (nSPS) is 11.1. The quantitative estimate of drug-likeness (QED) is 0.556. The van der Waals surface area contributed by atoms with Crippen molar-refractivity contribution in [2.75, 3.05) is 0 Å². The van der Waals surface area contributed by atoms with Crippen molar-refractivity contribution in [3.63, 3.8) is 0 Å². The van der Waals surface area contributed by atoms with Crippen LogP contribution in [0.3, 0.4) is 0 Å². The molecule has 5 nitrogen and oxygen atoms in total. The second-order valence-corrected chi connectivity index (χ2v) is 3.78. The Morgan fingerprint density at radius 1 is 1.57 bits per heavy atom. The molecule has 0 saturated heterocycles. The van der Waals surface area contributed by atoms with E-state index in [1.54, 1.807) is 26.8 Å². The topological polar surface area (TPSA) is 62.9 Å². The summed E-state index contributed by atoms with van der Waals surface area (Å²) in [5, 5.41) is 9.88. The van der Waals surface area contributed by atoms with Crippen LogP contribution in [0.1, 0.15) is 20.8 Å².